The summed E-state index contributed by atoms with van der Waals surface area (Å²) in [7, 11) is 1.44. The number of hydrogen-bond acceptors (Lipinski definition) is 4. The lowest BCUT2D eigenvalue weighted by atomic mass is 10.0. The van der Waals surface area contributed by atoms with Crippen LogP contribution < -0.4 is 20.7 Å². The quantitative estimate of drug-likeness (QED) is 0.468. The van der Waals surface area contributed by atoms with E-state index in [9.17, 15) is 22.8 Å². The summed E-state index contributed by atoms with van der Waals surface area (Å²) in [6, 6.07) is 14.3. The third-order valence-electron chi connectivity index (χ3n) is 5.88. The molecule has 2 aromatic carbocycles. The van der Waals surface area contributed by atoms with Crippen molar-refractivity contribution in [3.8, 4) is 5.75 Å². The van der Waals surface area contributed by atoms with Crippen LogP contribution in [0.25, 0.3) is 0 Å². The molecule has 0 radical (unpaired) electrons. The molecule has 3 N–H and O–H groups in total. The summed E-state index contributed by atoms with van der Waals surface area (Å²) in [5, 5.41) is 2.90. The number of anilines is 1. The minimum Gasteiger partial charge on any atom is -0.497 e. The van der Waals surface area contributed by atoms with Crippen LogP contribution in [-0.4, -0.2) is 43.7 Å². The van der Waals surface area contributed by atoms with Gasteiger partial charge in [0.25, 0.3) is 0 Å². The average Bonchev–Trinajstić information content (AvgIpc) is 3.70. The zero-order chi connectivity index (χ0) is 25.4. The van der Waals surface area contributed by atoms with Crippen LogP contribution >= 0.6 is 0 Å². The summed E-state index contributed by atoms with van der Waals surface area (Å²) in [4.78, 5) is 25.3. The molecule has 1 aliphatic rings. The molecule has 6 nitrogen and oxygen atoms in total. The number of methoxy groups -OCH3 is 1. The molecule has 0 spiro atoms. The molecule has 2 atom stereocenters. The van der Waals surface area contributed by atoms with E-state index in [1.165, 1.54) is 37.5 Å². The molecule has 0 saturated heterocycles. The number of amides is 2. The lowest BCUT2D eigenvalue weighted by Crippen LogP contribution is -2.46. The van der Waals surface area contributed by atoms with E-state index in [-0.39, 0.29) is 24.1 Å². The first-order chi connectivity index (χ1) is 16.7. The monoisotopic (exact) mass is 489 g/mol. The molecule has 2 aromatic rings. The Bertz CT molecular complexity index is 1010. The Morgan fingerprint density at radius 2 is 1.80 bits per heavy atom. The zero-order valence-electron chi connectivity index (χ0n) is 19.5. The molecule has 9 heteroatoms. The first kappa shape index (κ1) is 26.3. The van der Waals surface area contributed by atoms with Gasteiger partial charge in [-0.1, -0.05) is 42.5 Å². The third-order valence-corrected chi connectivity index (χ3v) is 5.88. The predicted molar refractivity (Wildman–Crippen MR) is 128 cm³/mol. The summed E-state index contributed by atoms with van der Waals surface area (Å²) >= 11 is 0. The van der Waals surface area contributed by atoms with Crippen LogP contribution in [0.1, 0.15) is 24.8 Å². The second-order valence-electron chi connectivity index (χ2n) is 8.54. The Kier molecular flexibility index (Phi) is 8.92. The molecule has 35 heavy (non-hydrogen) atoms. The van der Waals surface area contributed by atoms with Crippen molar-refractivity contribution in [1.82, 2.24) is 5.32 Å². The summed E-state index contributed by atoms with van der Waals surface area (Å²) in [6.45, 7) is -0.322. The van der Waals surface area contributed by atoms with E-state index in [2.05, 4.69) is 5.32 Å². The predicted octanol–water partition coefficient (Wildman–Crippen LogP) is 4.00. The molecule has 1 saturated carbocycles. The molecular formula is C26H30F3N3O3. The standard InChI is InChI=1S/C26H30F3N3O3/c1-35-22-15-13-21(14-16-22)32(25(34)26(27,28)29)17-5-8-20(12-9-18-6-3-2-4-7-18)31-24(33)23(30)19-10-11-19/h2-8,13-16,19-20,23H,9-12,17,30H2,1H3,(H,31,33)/b8-5+/t20-,23+/m1/s1. The van der Waals surface area contributed by atoms with E-state index in [4.69, 9.17) is 10.5 Å². The first-order valence-corrected chi connectivity index (χ1v) is 11.5. The minimum atomic E-state index is -5.04. The number of carbonyl (C=O) groups excluding carboxylic acids is 2. The highest BCUT2D eigenvalue weighted by molar-refractivity contribution is 5.97. The molecule has 0 aliphatic heterocycles. The number of nitrogens with zero attached hydrogens (tertiary/aromatic N) is 1. The molecule has 188 valence electrons. The van der Waals surface area contributed by atoms with Crippen molar-refractivity contribution in [3.63, 3.8) is 0 Å². The SMILES string of the molecule is COc1ccc(N(C/C=C/[C@H](CCc2ccccc2)NC(=O)[C@@H](N)C2CC2)C(=O)C(F)(F)F)cc1. The molecule has 0 heterocycles. The van der Waals surface area contributed by atoms with Crippen molar-refractivity contribution in [2.45, 2.75) is 43.9 Å². The van der Waals surface area contributed by atoms with Crippen molar-refractivity contribution in [2.24, 2.45) is 11.7 Å². The number of nitrogens with one attached hydrogen (secondary N) is 1. The van der Waals surface area contributed by atoms with E-state index in [0.717, 1.165) is 18.4 Å². The lowest BCUT2D eigenvalue weighted by Gasteiger charge is -2.23. The number of nitrogens with two attached hydrogens (primary N) is 1. The van der Waals surface area contributed by atoms with Crippen LogP contribution in [0.4, 0.5) is 18.9 Å². The number of alkyl halides is 3. The Labute approximate surface area is 202 Å². The van der Waals surface area contributed by atoms with Crippen LogP contribution in [0.2, 0.25) is 0 Å². The highest BCUT2D eigenvalue weighted by atomic mass is 19.4. The number of aryl methyl sites for hydroxylation is 1. The van der Waals surface area contributed by atoms with Crippen LogP contribution in [0, 0.1) is 5.92 Å². The zero-order valence-corrected chi connectivity index (χ0v) is 19.5. The van der Waals surface area contributed by atoms with Gasteiger partial charge in [0.15, 0.2) is 0 Å². The van der Waals surface area contributed by atoms with E-state index in [1.54, 1.807) is 6.08 Å². The van der Waals surface area contributed by atoms with Crippen molar-refractivity contribution in [2.75, 3.05) is 18.6 Å². The minimum absolute atomic E-state index is 0.0819. The maximum absolute atomic E-state index is 13.3. The molecular weight excluding hydrogens is 459 g/mol. The fraction of sp³-hybridized carbons (Fsp3) is 0.385. The fourth-order valence-electron chi connectivity index (χ4n) is 3.68. The average molecular weight is 490 g/mol. The number of benzene rings is 2. The summed E-state index contributed by atoms with van der Waals surface area (Å²) in [5.41, 5.74) is 7.17. The number of rotatable bonds is 11. The highest BCUT2D eigenvalue weighted by Crippen LogP contribution is 2.31. The van der Waals surface area contributed by atoms with Crippen molar-refractivity contribution in [1.29, 1.82) is 0 Å². The van der Waals surface area contributed by atoms with Gasteiger partial charge in [0.05, 0.1) is 13.2 Å². The van der Waals surface area contributed by atoms with Gasteiger partial charge in [-0.2, -0.15) is 13.2 Å². The van der Waals surface area contributed by atoms with Crippen molar-refractivity contribution >= 4 is 17.5 Å². The molecule has 0 bridgehead atoms. The highest BCUT2D eigenvalue weighted by Gasteiger charge is 2.42. The molecule has 3 rings (SSSR count). The van der Waals surface area contributed by atoms with Gasteiger partial charge in [-0.3, -0.25) is 9.59 Å². The Morgan fingerprint density at radius 1 is 1.14 bits per heavy atom. The van der Waals surface area contributed by atoms with Crippen LogP contribution in [-0.2, 0) is 16.0 Å². The third kappa shape index (κ3) is 7.85. The largest absolute Gasteiger partial charge is 0.497 e. The first-order valence-electron chi connectivity index (χ1n) is 11.5. The van der Waals surface area contributed by atoms with Crippen LogP contribution in [0.5, 0.6) is 5.75 Å². The number of ether oxygens (including phenoxy) is 1. The summed E-state index contributed by atoms with van der Waals surface area (Å²) in [6.07, 6.45) is 1.06. The van der Waals surface area contributed by atoms with Crippen LogP contribution in [0.15, 0.2) is 66.7 Å². The number of carbonyl (C=O) groups is 2. The van der Waals surface area contributed by atoms with Crippen LogP contribution in [0.3, 0.4) is 0 Å². The molecule has 2 amide bonds. The summed E-state index contributed by atoms with van der Waals surface area (Å²) in [5.74, 6) is -1.63. The van der Waals surface area contributed by atoms with Gasteiger partial charge in [0.1, 0.15) is 5.75 Å². The summed E-state index contributed by atoms with van der Waals surface area (Å²) < 4.78 is 44.8. The van der Waals surface area contributed by atoms with E-state index in [0.29, 0.717) is 23.5 Å². The smallest absolute Gasteiger partial charge is 0.471 e. The lowest BCUT2D eigenvalue weighted by molar-refractivity contribution is -0.170. The van der Waals surface area contributed by atoms with E-state index < -0.39 is 24.2 Å². The Morgan fingerprint density at radius 3 is 2.37 bits per heavy atom. The second kappa shape index (κ2) is 11.9. The topological polar surface area (TPSA) is 84.7 Å². The van der Waals surface area contributed by atoms with Gasteiger partial charge in [0, 0.05) is 18.3 Å². The maximum atomic E-state index is 13.3. The number of hydrogen-bond donors (Lipinski definition) is 2. The van der Waals surface area contributed by atoms with Crippen molar-refractivity contribution in [3.05, 3.63) is 72.3 Å². The van der Waals surface area contributed by atoms with Gasteiger partial charge in [-0.15, -0.1) is 0 Å². The number of halogens is 3. The molecule has 1 fully saturated rings. The molecule has 0 unspecified atom stereocenters. The van der Waals surface area contributed by atoms with Crippen molar-refractivity contribution < 1.29 is 27.5 Å². The maximum Gasteiger partial charge on any atom is 0.471 e. The van der Waals surface area contributed by atoms with Gasteiger partial charge in [0.2, 0.25) is 5.91 Å². The van der Waals surface area contributed by atoms with Gasteiger partial charge in [-0.05, 0) is 61.4 Å². The molecule has 0 aromatic heterocycles. The van der Waals surface area contributed by atoms with Gasteiger partial charge < -0.3 is 20.7 Å². The van der Waals surface area contributed by atoms with E-state index >= 15 is 0 Å². The second-order valence-corrected chi connectivity index (χ2v) is 8.54. The van der Waals surface area contributed by atoms with E-state index in [1.807, 2.05) is 30.3 Å². The normalized spacial score (nSPS) is 15.5. The Hall–Kier alpha value is -3.33. The van der Waals surface area contributed by atoms with Gasteiger partial charge in [-0.25, -0.2) is 0 Å². The molecule has 1 aliphatic carbocycles. The Balaban J connectivity index is 1.74. The van der Waals surface area contributed by atoms with Gasteiger partial charge >= 0.3 is 12.1 Å². The fourth-order valence-corrected chi connectivity index (χ4v) is 3.68.